The Balaban J connectivity index is 3.09. The fourth-order valence-electron chi connectivity index (χ4n) is 1.27. The zero-order valence-electron chi connectivity index (χ0n) is 9.59. The lowest BCUT2D eigenvalue weighted by molar-refractivity contribution is -0.139. The summed E-state index contributed by atoms with van der Waals surface area (Å²) in [5.74, 6) is -0.400. The molecule has 0 bridgehead atoms. The van der Waals surface area contributed by atoms with Crippen LogP contribution < -0.4 is 9.47 Å². The van der Waals surface area contributed by atoms with E-state index >= 15 is 0 Å². The summed E-state index contributed by atoms with van der Waals surface area (Å²) in [5, 5.41) is 20.0. The number of carboxylic acid groups (broad SMARTS) is 1. The Bertz CT molecular complexity index is 461. The number of carboxylic acids is 1. The van der Waals surface area contributed by atoms with Crippen LogP contribution in [0.15, 0.2) is 21.8 Å². The van der Waals surface area contributed by atoms with Gasteiger partial charge in [0.1, 0.15) is 0 Å². The SMILES string of the molecule is CCOc1cc(/C=N\O)cc(Br)c1OCC(=O)O. The molecule has 0 unspecified atom stereocenters. The molecular formula is C11H12BrNO5. The fourth-order valence-corrected chi connectivity index (χ4v) is 1.84. The predicted molar refractivity (Wildman–Crippen MR) is 67.8 cm³/mol. The van der Waals surface area contributed by atoms with Gasteiger partial charge in [0.15, 0.2) is 18.1 Å². The standard InChI is InChI=1S/C11H12BrNO5/c1-2-17-9-4-7(5-13-16)3-8(12)11(9)18-6-10(14)15/h3-5,16H,2,6H2,1H3,(H,14,15)/b13-5-. The molecule has 0 aliphatic carbocycles. The molecule has 18 heavy (non-hydrogen) atoms. The van der Waals surface area contributed by atoms with Gasteiger partial charge in [0.25, 0.3) is 0 Å². The largest absolute Gasteiger partial charge is 0.490 e. The van der Waals surface area contributed by atoms with Gasteiger partial charge < -0.3 is 19.8 Å². The molecule has 1 aromatic carbocycles. The number of oxime groups is 1. The zero-order valence-corrected chi connectivity index (χ0v) is 11.2. The van der Waals surface area contributed by atoms with Crippen LogP contribution in [0.4, 0.5) is 0 Å². The van der Waals surface area contributed by atoms with Gasteiger partial charge >= 0.3 is 5.97 Å². The normalized spacial score (nSPS) is 10.6. The monoisotopic (exact) mass is 317 g/mol. The third-order valence-electron chi connectivity index (χ3n) is 1.88. The maximum absolute atomic E-state index is 10.5. The van der Waals surface area contributed by atoms with Gasteiger partial charge in [-0.25, -0.2) is 4.79 Å². The molecule has 1 aromatic rings. The van der Waals surface area contributed by atoms with E-state index in [-0.39, 0.29) is 0 Å². The van der Waals surface area contributed by atoms with Crippen molar-refractivity contribution in [3.8, 4) is 11.5 Å². The molecule has 0 fully saturated rings. The maximum Gasteiger partial charge on any atom is 0.341 e. The molecule has 0 heterocycles. The lowest BCUT2D eigenvalue weighted by Crippen LogP contribution is -2.11. The van der Waals surface area contributed by atoms with Crippen molar-refractivity contribution in [1.29, 1.82) is 0 Å². The Morgan fingerprint density at radius 3 is 2.78 bits per heavy atom. The predicted octanol–water partition coefficient (Wildman–Crippen LogP) is 2.12. The van der Waals surface area contributed by atoms with Gasteiger partial charge in [0.05, 0.1) is 17.3 Å². The average molecular weight is 318 g/mol. The van der Waals surface area contributed by atoms with E-state index in [0.29, 0.717) is 28.1 Å². The Labute approximate surface area is 112 Å². The molecule has 98 valence electrons. The summed E-state index contributed by atoms with van der Waals surface area (Å²) >= 11 is 3.25. The molecule has 0 saturated heterocycles. The quantitative estimate of drug-likeness (QED) is 0.476. The van der Waals surface area contributed by atoms with Crippen molar-refractivity contribution in [2.45, 2.75) is 6.92 Å². The number of nitrogens with zero attached hydrogens (tertiary/aromatic N) is 1. The van der Waals surface area contributed by atoms with E-state index in [4.69, 9.17) is 19.8 Å². The number of hydrogen-bond acceptors (Lipinski definition) is 5. The van der Waals surface area contributed by atoms with E-state index in [0.717, 1.165) is 0 Å². The van der Waals surface area contributed by atoms with Crippen LogP contribution in [0.1, 0.15) is 12.5 Å². The Hall–Kier alpha value is -1.76. The summed E-state index contributed by atoms with van der Waals surface area (Å²) in [6, 6.07) is 3.21. The van der Waals surface area contributed by atoms with Crippen LogP contribution in [0.2, 0.25) is 0 Å². The number of carbonyl (C=O) groups is 1. The van der Waals surface area contributed by atoms with Crippen LogP contribution in [-0.2, 0) is 4.79 Å². The van der Waals surface area contributed by atoms with Crippen LogP contribution in [0, 0.1) is 0 Å². The third kappa shape index (κ3) is 3.92. The highest BCUT2D eigenvalue weighted by molar-refractivity contribution is 9.10. The number of hydrogen-bond donors (Lipinski definition) is 2. The molecular weight excluding hydrogens is 306 g/mol. The molecule has 0 aromatic heterocycles. The molecule has 0 aliphatic rings. The molecule has 7 heteroatoms. The fraction of sp³-hybridized carbons (Fsp3) is 0.273. The minimum Gasteiger partial charge on any atom is -0.490 e. The smallest absolute Gasteiger partial charge is 0.341 e. The summed E-state index contributed by atoms with van der Waals surface area (Å²) in [6.45, 7) is 1.73. The van der Waals surface area contributed by atoms with Crippen LogP contribution in [-0.4, -0.2) is 35.7 Å². The van der Waals surface area contributed by atoms with E-state index in [9.17, 15) is 4.79 Å². The van der Waals surface area contributed by atoms with Gasteiger partial charge in [-0.1, -0.05) is 5.16 Å². The molecule has 0 atom stereocenters. The summed E-state index contributed by atoms with van der Waals surface area (Å²) < 4.78 is 11.0. The first-order valence-electron chi connectivity index (χ1n) is 5.06. The topological polar surface area (TPSA) is 88.4 Å². The van der Waals surface area contributed by atoms with Crippen molar-refractivity contribution >= 4 is 28.1 Å². The van der Waals surface area contributed by atoms with Gasteiger partial charge in [-0.3, -0.25) is 0 Å². The van der Waals surface area contributed by atoms with Crippen molar-refractivity contribution in [2.24, 2.45) is 5.16 Å². The summed E-state index contributed by atoms with van der Waals surface area (Å²) in [6.07, 6.45) is 1.23. The van der Waals surface area contributed by atoms with Crippen molar-refractivity contribution in [3.63, 3.8) is 0 Å². The first-order chi connectivity index (χ1) is 8.58. The van der Waals surface area contributed by atoms with E-state index in [2.05, 4.69) is 21.1 Å². The lowest BCUT2D eigenvalue weighted by atomic mass is 10.2. The van der Waals surface area contributed by atoms with Crippen LogP contribution in [0.3, 0.4) is 0 Å². The second-order valence-corrected chi connectivity index (χ2v) is 4.04. The number of benzene rings is 1. The van der Waals surface area contributed by atoms with Gasteiger partial charge in [0.2, 0.25) is 0 Å². The van der Waals surface area contributed by atoms with Gasteiger partial charge in [-0.2, -0.15) is 0 Å². The van der Waals surface area contributed by atoms with Crippen molar-refractivity contribution in [3.05, 3.63) is 22.2 Å². The van der Waals surface area contributed by atoms with Crippen molar-refractivity contribution in [1.82, 2.24) is 0 Å². The molecule has 0 radical (unpaired) electrons. The number of ether oxygens (including phenoxy) is 2. The van der Waals surface area contributed by atoms with Gasteiger partial charge in [-0.05, 0) is 35.0 Å². The summed E-state index contributed by atoms with van der Waals surface area (Å²) in [5.41, 5.74) is 0.593. The summed E-state index contributed by atoms with van der Waals surface area (Å²) in [4.78, 5) is 10.5. The van der Waals surface area contributed by atoms with Crippen LogP contribution in [0.5, 0.6) is 11.5 Å². The van der Waals surface area contributed by atoms with Gasteiger partial charge in [0, 0.05) is 5.56 Å². The Morgan fingerprint density at radius 2 is 2.22 bits per heavy atom. The summed E-state index contributed by atoms with van der Waals surface area (Å²) in [7, 11) is 0. The van der Waals surface area contributed by atoms with Crippen LogP contribution in [0.25, 0.3) is 0 Å². The number of aliphatic carboxylic acids is 1. The molecule has 0 aliphatic heterocycles. The molecule has 0 spiro atoms. The molecule has 0 amide bonds. The van der Waals surface area contributed by atoms with E-state index in [1.807, 2.05) is 0 Å². The van der Waals surface area contributed by atoms with Gasteiger partial charge in [-0.15, -0.1) is 0 Å². The van der Waals surface area contributed by atoms with Crippen molar-refractivity contribution in [2.75, 3.05) is 13.2 Å². The second kappa shape index (κ2) is 6.85. The average Bonchev–Trinajstić information content (AvgIpc) is 2.28. The highest BCUT2D eigenvalue weighted by Gasteiger charge is 2.13. The number of rotatable bonds is 6. The molecule has 0 saturated carbocycles. The number of halogens is 1. The molecule has 6 nitrogen and oxygen atoms in total. The minimum absolute atomic E-state index is 0.300. The molecule has 2 N–H and O–H groups in total. The van der Waals surface area contributed by atoms with E-state index in [1.165, 1.54) is 6.21 Å². The third-order valence-corrected chi connectivity index (χ3v) is 2.47. The highest BCUT2D eigenvalue weighted by Crippen LogP contribution is 2.36. The zero-order chi connectivity index (χ0) is 13.5. The van der Waals surface area contributed by atoms with E-state index < -0.39 is 12.6 Å². The minimum atomic E-state index is -1.08. The molecule has 1 rings (SSSR count). The first kappa shape index (κ1) is 14.3. The Kier molecular flexibility index (Phi) is 5.44. The van der Waals surface area contributed by atoms with E-state index in [1.54, 1.807) is 19.1 Å². The maximum atomic E-state index is 10.5. The van der Waals surface area contributed by atoms with Crippen molar-refractivity contribution < 1.29 is 24.6 Å². The first-order valence-corrected chi connectivity index (χ1v) is 5.86. The van der Waals surface area contributed by atoms with Crippen LogP contribution >= 0.6 is 15.9 Å². The lowest BCUT2D eigenvalue weighted by Gasteiger charge is -2.13. The second-order valence-electron chi connectivity index (χ2n) is 3.19. The highest BCUT2D eigenvalue weighted by atomic mass is 79.9. The Morgan fingerprint density at radius 1 is 1.50 bits per heavy atom.